The van der Waals surface area contributed by atoms with Crippen molar-refractivity contribution < 1.29 is 9.53 Å². The van der Waals surface area contributed by atoms with Gasteiger partial charge in [0.15, 0.2) is 0 Å². The van der Waals surface area contributed by atoms with Crippen LogP contribution in [0.15, 0.2) is 48.7 Å². The van der Waals surface area contributed by atoms with Gasteiger partial charge in [-0.1, -0.05) is 29.8 Å². The third-order valence-electron chi connectivity index (χ3n) is 4.90. The van der Waals surface area contributed by atoms with Crippen molar-refractivity contribution in [1.29, 1.82) is 0 Å². The Morgan fingerprint density at radius 2 is 1.96 bits per heavy atom. The molecular weight excluding hydrogens is 338 g/mol. The smallest absolute Gasteiger partial charge is 0.338 e. The molecule has 130 valence electrons. The maximum absolute atomic E-state index is 12.3. The number of anilines is 1. The number of halogens is 1. The molecule has 1 aromatic carbocycles. The molecule has 2 atom stereocenters. The molecule has 0 amide bonds. The lowest BCUT2D eigenvalue weighted by Crippen LogP contribution is -2.50. The van der Waals surface area contributed by atoms with Crippen molar-refractivity contribution in [3.63, 3.8) is 0 Å². The molecule has 0 unspecified atom stereocenters. The standard InChI is InChI=1S/C19H20ClN3O2/c20-15-6-7-18(21-11-15)23-9-8-22-13-17(10-16(22)12-23)25-19(24)14-4-2-1-3-5-14/h1-7,11,16-17H,8-10,12-13H2/t16-,17-/m0/s1. The molecule has 3 heterocycles. The van der Waals surface area contributed by atoms with Crippen LogP contribution in [0, 0.1) is 0 Å². The second-order valence-corrected chi connectivity index (χ2v) is 6.99. The number of piperazine rings is 1. The molecule has 25 heavy (non-hydrogen) atoms. The number of nitrogens with zero attached hydrogens (tertiary/aromatic N) is 3. The zero-order valence-electron chi connectivity index (χ0n) is 13.8. The van der Waals surface area contributed by atoms with Gasteiger partial charge in [0, 0.05) is 44.8 Å². The van der Waals surface area contributed by atoms with Gasteiger partial charge in [0.05, 0.1) is 10.6 Å². The van der Waals surface area contributed by atoms with Crippen LogP contribution in [0.3, 0.4) is 0 Å². The Kier molecular flexibility index (Phi) is 4.59. The Balaban J connectivity index is 1.37. The zero-order chi connectivity index (χ0) is 17.2. The van der Waals surface area contributed by atoms with Gasteiger partial charge >= 0.3 is 5.97 Å². The first-order chi connectivity index (χ1) is 12.2. The molecule has 2 aliphatic rings. The van der Waals surface area contributed by atoms with Crippen molar-refractivity contribution in [1.82, 2.24) is 9.88 Å². The first-order valence-electron chi connectivity index (χ1n) is 8.55. The van der Waals surface area contributed by atoms with Crippen molar-refractivity contribution in [2.24, 2.45) is 0 Å². The minimum Gasteiger partial charge on any atom is -0.457 e. The Morgan fingerprint density at radius 1 is 1.12 bits per heavy atom. The number of fused-ring (bicyclic) bond motifs is 1. The maximum Gasteiger partial charge on any atom is 0.338 e. The highest BCUT2D eigenvalue weighted by Gasteiger charge is 2.38. The van der Waals surface area contributed by atoms with Gasteiger partial charge in [-0.25, -0.2) is 9.78 Å². The lowest BCUT2D eigenvalue weighted by atomic mass is 10.1. The lowest BCUT2D eigenvalue weighted by molar-refractivity contribution is 0.0323. The molecule has 2 fully saturated rings. The number of aromatic nitrogens is 1. The number of pyridine rings is 1. The largest absolute Gasteiger partial charge is 0.457 e. The molecular formula is C19H20ClN3O2. The molecule has 0 saturated carbocycles. The van der Waals surface area contributed by atoms with E-state index >= 15 is 0 Å². The molecule has 0 aliphatic carbocycles. The fourth-order valence-electron chi connectivity index (χ4n) is 3.64. The van der Waals surface area contributed by atoms with Gasteiger partial charge in [-0.15, -0.1) is 0 Å². The third-order valence-corrected chi connectivity index (χ3v) is 5.12. The monoisotopic (exact) mass is 357 g/mol. The number of rotatable bonds is 3. The second-order valence-electron chi connectivity index (χ2n) is 6.56. The quantitative estimate of drug-likeness (QED) is 0.790. The van der Waals surface area contributed by atoms with Gasteiger partial charge in [-0.2, -0.15) is 0 Å². The minimum atomic E-state index is -0.235. The van der Waals surface area contributed by atoms with Gasteiger partial charge in [-0.05, 0) is 24.3 Å². The van der Waals surface area contributed by atoms with E-state index in [-0.39, 0.29) is 12.1 Å². The van der Waals surface area contributed by atoms with Crippen LogP contribution in [0.1, 0.15) is 16.8 Å². The van der Waals surface area contributed by atoms with E-state index in [0.29, 0.717) is 16.6 Å². The molecule has 2 saturated heterocycles. The summed E-state index contributed by atoms with van der Waals surface area (Å²) in [5.74, 6) is 0.718. The van der Waals surface area contributed by atoms with Crippen molar-refractivity contribution >= 4 is 23.4 Å². The first-order valence-corrected chi connectivity index (χ1v) is 8.93. The van der Waals surface area contributed by atoms with Gasteiger partial charge in [0.25, 0.3) is 0 Å². The molecule has 2 aliphatic heterocycles. The van der Waals surface area contributed by atoms with E-state index in [9.17, 15) is 4.79 Å². The van der Waals surface area contributed by atoms with Crippen LogP contribution in [-0.4, -0.2) is 54.2 Å². The average molecular weight is 358 g/mol. The van der Waals surface area contributed by atoms with E-state index in [1.807, 2.05) is 30.3 Å². The minimum absolute atomic E-state index is 0.0455. The van der Waals surface area contributed by atoms with E-state index in [1.165, 1.54) is 0 Å². The fraction of sp³-hybridized carbons (Fsp3) is 0.368. The Bertz CT molecular complexity index is 738. The number of hydrogen-bond donors (Lipinski definition) is 0. The molecule has 2 aromatic rings. The summed E-state index contributed by atoms with van der Waals surface area (Å²) in [5.41, 5.74) is 0.611. The zero-order valence-corrected chi connectivity index (χ0v) is 14.6. The van der Waals surface area contributed by atoms with Crippen molar-refractivity contribution in [2.75, 3.05) is 31.1 Å². The van der Waals surface area contributed by atoms with E-state index in [0.717, 1.165) is 38.4 Å². The highest BCUT2D eigenvalue weighted by atomic mass is 35.5. The van der Waals surface area contributed by atoms with Crippen molar-refractivity contribution in [3.05, 3.63) is 59.2 Å². The summed E-state index contributed by atoms with van der Waals surface area (Å²) in [4.78, 5) is 21.4. The number of benzene rings is 1. The van der Waals surface area contributed by atoms with E-state index in [1.54, 1.807) is 18.3 Å². The van der Waals surface area contributed by atoms with Gasteiger partial charge in [0.2, 0.25) is 0 Å². The number of hydrogen-bond acceptors (Lipinski definition) is 5. The Labute approximate surface area is 152 Å². The molecule has 0 radical (unpaired) electrons. The summed E-state index contributed by atoms with van der Waals surface area (Å²) in [6.07, 6.45) is 2.50. The number of carbonyl (C=O) groups is 1. The summed E-state index contributed by atoms with van der Waals surface area (Å²) in [5, 5.41) is 0.649. The molecule has 0 spiro atoms. The molecule has 5 nitrogen and oxygen atoms in total. The number of carbonyl (C=O) groups excluding carboxylic acids is 1. The highest BCUT2D eigenvalue weighted by molar-refractivity contribution is 6.30. The topological polar surface area (TPSA) is 45.7 Å². The summed E-state index contributed by atoms with van der Waals surface area (Å²) in [6, 6.07) is 13.4. The summed E-state index contributed by atoms with van der Waals surface area (Å²) >= 11 is 5.92. The maximum atomic E-state index is 12.3. The fourth-order valence-corrected chi connectivity index (χ4v) is 3.75. The predicted octanol–water partition coefficient (Wildman–Crippen LogP) is 2.85. The van der Waals surface area contributed by atoms with Crippen LogP contribution in [0.2, 0.25) is 5.02 Å². The molecule has 1 aromatic heterocycles. The van der Waals surface area contributed by atoms with Crippen LogP contribution in [0.5, 0.6) is 0 Å². The van der Waals surface area contributed by atoms with Crippen LogP contribution in [-0.2, 0) is 4.74 Å². The van der Waals surface area contributed by atoms with E-state index in [4.69, 9.17) is 16.3 Å². The summed E-state index contributed by atoms with van der Waals surface area (Å²) in [6.45, 7) is 3.58. The van der Waals surface area contributed by atoms with E-state index < -0.39 is 0 Å². The van der Waals surface area contributed by atoms with Gasteiger partial charge in [0.1, 0.15) is 11.9 Å². The molecule has 6 heteroatoms. The molecule has 0 bridgehead atoms. The highest BCUT2D eigenvalue weighted by Crippen LogP contribution is 2.27. The Morgan fingerprint density at radius 3 is 2.72 bits per heavy atom. The van der Waals surface area contributed by atoms with Crippen molar-refractivity contribution in [2.45, 2.75) is 18.6 Å². The average Bonchev–Trinajstić information content (AvgIpc) is 3.04. The third kappa shape index (κ3) is 3.62. The molecule has 4 rings (SSSR count). The first kappa shape index (κ1) is 16.4. The van der Waals surface area contributed by atoms with Crippen molar-refractivity contribution in [3.8, 4) is 0 Å². The number of esters is 1. The van der Waals surface area contributed by atoms with Crippen LogP contribution in [0.4, 0.5) is 5.82 Å². The predicted molar refractivity (Wildman–Crippen MR) is 97.1 cm³/mol. The van der Waals surface area contributed by atoms with Crippen LogP contribution in [0.25, 0.3) is 0 Å². The Hall–Kier alpha value is -2.11. The lowest BCUT2D eigenvalue weighted by Gasteiger charge is -2.37. The SMILES string of the molecule is O=C(O[C@H]1C[C@H]2CN(c3ccc(Cl)cn3)CCN2C1)c1ccccc1. The van der Waals surface area contributed by atoms with Crippen LogP contribution < -0.4 is 4.90 Å². The van der Waals surface area contributed by atoms with Crippen LogP contribution >= 0.6 is 11.6 Å². The normalized spacial score (nSPS) is 23.3. The van der Waals surface area contributed by atoms with Gasteiger partial charge in [-0.3, -0.25) is 4.90 Å². The summed E-state index contributed by atoms with van der Waals surface area (Å²) < 4.78 is 5.71. The molecule has 0 N–H and O–H groups in total. The van der Waals surface area contributed by atoms with E-state index in [2.05, 4.69) is 14.8 Å². The van der Waals surface area contributed by atoms with Gasteiger partial charge < -0.3 is 9.64 Å². The number of ether oxygens (including phenoxy) is 1. The summed E-state index contributed by atoms with van der Waals surface area (Å²) in [7, 11) is 0. The second kappa shape index (κ2) is 7.02.